The molecule has 34 heavy (non-hydrogen) atoms. The predicted molar refractivity (Wildman–Crippen MR) is 126 cm³/mol. The molecule has 168 valence electrons. The van der Waals surface area contributed by atoms with E-state index < -0.39 is 0 Å². The van der Waals surface area contributed by atoms with Crippen molar-refractivity contribution in [3.63, 3.8) is 0 Å². The maximum Gasteiger partial charge on any atom is 0.261 e. The molecule has 0 saturated carbocycles. The van der Waals surface area contributed by atoms with Gasteiger partial charge in [0.15, 0.2) is 11.6 Å². The van der Waals surface area contributed by atoms with Crippen LogP contribution in [0.2, 0.25) is 5.02 Å². The number of hydrogen-bond acceptors (Lipinski definition) is 5. The van der Waals surface area contributed by atoms with Crippen molar-refractivity contribution < 1.29 is 14.4 Å². The van der Waals surface area contributed by atoms with E-state index in [1.54, 1.807) is 66.1 Å². The predicted octanol–water partition coefficient (Wildman–Crippen LogP) is 4.56. The van der Waals surface area contributed by atoms with Crippen molar-refractivity contribution in [1.82, 2.24) is 19.7 Å². The van der Waals surface area contributed by atoms with E-state index in [0.29, 0.717) is 44.6 Å². The number of benzene rings is 3. The summed E-state index contributed by atoms with van der Waals surface area (Å²) in [4.78, 5) is 40.4. The van der Waals surface area contributed by atoms with Crippen molar-refractivity contribution in [3.8, 4) is 5.69 Å². The molecule has 1 aliphatic heterocycles. The van der Waals surface area contributed by atoms with E-state index in [4.69, 9.17) is 11.6 Å². The first-order chi connectivity index (χ1) is 16.4. The van der Waals surface area contributed by atoms with Crippen LogP contribution in [0.5, 0.6) is 0 Å². The number of fused-ring (bicyclic) bond motifs is 1. The first-order valence-electron chi connectivity index (χ1n) is 10.6. The number of hydrogen-bond donors (Lipinski definition) is 0. The number of aromatic nitrogens is 3. The van der Waals surface area contributed by atoms with Crippen molar-refractivity contribution in [3.05, 3.63) is 111 Å². The lowest BCUT2D eigenvalue weighted by Gasteiger charge is -2.17. The molecule has 1 aliphatic rings. The summed E-state index contributed by atoms with van der Waals surface area (Å²) in [5.41, 5.74) is 2.96. The second-order valence-corrected chi connectivity index (χ2v) is 8.48. The topological polar surface area (TPSA) is 85.2 Å². The van der Waals surface area contributed by atoms with Gasteiger partial charge in [0.05, 0.1) is 28.4 Å². The van der Waals surface area contributed by atoms with Crippen molar-refractivity contribution in [2.75, 3.05) is 0 Å². The van der Waals surface area contributed by atoms with Crippen LogP contribution >= 0.6 is 11.6 Å². The summed E-state index contributed by atoms with van der Waals surface area (Å²) in [7, 11) is 0. The maximum absolute atomic E-state index is 13.5. The fraction of sp³-hybridized carbons (Fsp3) is 0.115. The number of carbonyl (C=O) groups is 3. The molecule has 2 amide bonds. The van der Waals surface area contributed by atoms with Crippen molar-refractivity contribution in [1.29, 1.82) is 0 Å². The third-order valence-electron chi connectivity index (χ3n) is 5.83. The Labute approximate surface area is 200 Å². The summed E-state index contributed by atoms with van der Waals surface area (Å²) in [5, 5.41) is 8.76. The number of ketones is 1. The van der Waals surface area contributed by atoms with Crippen LogP contribution < -0.4 is 0 Å². The Morgan fingerprint density at radius 2 is 1.50 bits per heavy atom. The second kappa shape index (κ2) is 8.35. The molecule has 0 N–H and O–H groups in total. The number of rotatable bonds is 5. The van der Waals surface area contributed by atoms with Gasteiger partial charge in [0.2, 0.25) is 0 Å². The number of amides is 2. The van der Waals surface area contributed by atoms with Crippen molar-refractivity contribution >= 4 is 29.2 Å². The number of nitrogens with zero attached hydrogens (tertiary/aromatic N) is 4. The monoisotopic (exact) mass is 470 g/mol. The van der Waals surface area contributed by atoms with Gasteiger partial charge in [-0.2, -0.15) is 0 Å². The van der Waals surface area contributed by atoms with Gasteiger partial charge in [-0.3, -0.25) is 23.9 Å². The van der Waals surface area contributed by atoms with Gasteiger partial charge in [0.25, 0.3) is 11.8 Å². The van der Waals surface area contributed by atoms with Gasteiger partial charge in [0, 0.05) is 11.1 Å². The lowest BCUT2D eigenvalue weighted by Crippen LogP contribution is -2.30. The second-order valence-electron chi connectivity index (χ2n) is 8.07. The van der Waals surface area contributed by atoms with Gasteiger partial charge in [-0.25, -0.2) is 0 Å². The van der Waals surface area contributed by atoms with Crippen LogP contribution in [0.1, 0.15) is 53.8 Å². The lowest BCUT2D eigenvalue weighted by molar-refractivity contribution is 0.0637. The first-order valence-corrected chi connectivity index (χ1v) is 11.0. The fourth-order valence-electron chi connectivity index (χ4n) is 4.16. The Morgan fingerprint density at radius 3 is 2.18 bits per heavy atom. The molecule has 0 spiro atoms. The van der Waals surface area contributed by atoms with E-state index in [0.717, 1.165) is 10.5 Å². The first kappa shape index (κ1) is 21.7. The van der Waals surface area contributed by atoms with E-state index >= 15 is 0 Å². The van der Waals surface area contributed by atoms with E-state index in [1.807, 2.05) is 19.1 Å². The largest absolute Gasteiger partial charge is 0.288 e. The van der Waals surface area contributed by atoms with E-state index in [2.05, 4.69) is 10.2 Å². The summed E-state index contributed by atoms with van der Waals surface area (Å²) in [6.07, 6.45) is 0. The summed E-state index contributed by atoms with van der Waals surface area (Å²) in [5.74, 6) is -0.134. The average molecular weight is 471 g/mol. The standard InChI is InChI=1S/C26H19ClN4O3/c1-15-11-12-22(20(13-15)24(32)19-9-5-6-10-21(19)27)31-16(2)28-29-23(31)14-30-25(33)17-7-3-4-8-18(17)26(30)34/h3-13H,14H2,1-2H3. The molecule has 0 atom stereocenters. The molecule has 1 aromatic heterocycles. The number of halogens is 1. The Kier molecular flexibility index (Phi) is 5.34. The number of carbonyl (C=O) groups excluding carboxylic acids is 3. The maximum atomic E-state index is 13.5. The molecule has 4 aromatic rings. The van der Waals surface area contributed by atoms with Gasteiger partial charge in [0.1, 0.15) is 5.82 Å². The summed E-state index contributed by atoms with van der Waals surface area (Å²) >= 11 is 6.30. The van der Waals surface area contributed by atoms with Gasteiger partial charge >= 0.3 is 0 Å². The zero-order valence-electron chi connectivity index (χ0n) is 18.4. The summed E-state index contributed by atoms with van der Waals surface area (Å²) in [6.45, 7) is 3.56. The smallest absolute Gasteiger partial charge is 0.261 e. The molecule has 2 heterocycles. The minimum absolute atomic E-state index is 0.0826. The Bertz CT molecular complexity index is 1460. The molecule has 5 rings (SSSR count). The molecule has 0 radical (unpaired) electrons. The van der Waals surface area contributed by atoms with Gasteiger partial charge in [-0.1, -0.05) is 47.5 Å². The zero-order valence-corrected chi connectivity index (χ0v) is 19.2. The molecule has 3 aromatic carbocycles. The van der Waals surface area contributed by atoms with Gasteiger partial charge < -0.3 is 0 Å². The van der Waals surface area contributed by atoms with Crippen LogP contribution in [0, 0.1) is 13.8 Å². The third kappa shape index (κ3) is 3.50. The number of aryl methyl sites for hydroxylation is 2. The molecular formula is C26H19ClN4O3. The quantitative estimate of drug-likeness (QED) is 0.315. The third-order valence-corrected chi connectivity index (χ3v) is 6.16. The highest BCUT2D eigenvalue weighted by Gasteiger charge is 2.36. The van der Waals surface area contributed by atoms with E-state index in [-0.39, 0.29) is 24.1 Å². The lowest BCUT2D eigenvalue weighted by atomic mass is 9.99. The molecule has 7 nitrogen and oxygen atoms in total. The minimum Gasteiger partial charge on any atom is -0.288 e. The minimum atomic E-state index is -0.385. The Hall–Kier alpha value is -4.10. The SMILES string of the molecule is Cc1ccc(-n2c(C)nnc2CN2C(=O)c3ccccc3C2=O)c(C(=O)c2ccccc2Cl)c1. The molecule has 8 heteroatoms. The Morgan fingerprint density at radius 1 is 0.853 bits per heavy atom. The van der Waals surface area contributed by atoms with E-state index in [1.165, 1.54) is 0 Å². The van der Waals surface area contributed by atoms with Gasteiger partial charge in [-0.05, 0) is 50.2 Å². The molecule has 0 bridgehead atoms. The van der Waals surface area contributed by atoms with Crippen LogP contribution in [-0.4, -0.2) is 37.3 Å². The van der Waals surface area contributed by atoms with Crippen molar-refractivity contribution in [2.24, 2.45) is 0 Å². The van der Waals surface area contributed by atoms with Crippen LogP contribution in [0.15, 0.2) is 66.7 Å². The number of imide groups is 1. The Balaban J connectivity index is 1.58. The van der Waals surface area contributed by atoms with Crippen LogP contribution in [0.25, 0.3) is 5.69 Å². The fourth-order valence-corrected chi connectivity index (χ4v) is 4.38. The summed E-state index contributed by atoms with van der Waals surface area (Å²) < 4.78 is 1.70. The van der Waals surface area contributed by atoms with Crippen molar-refractivity contribution in [2.45, 2.75) is 20.4 Å². The van der Waals surface area contributed by atoms with Crippen LogP contribution in [0.3, 0.4) is 0 Å². The highest BCUT2D eigenvalue weighted by molar-refractivity contribution is 6.35. The van der Waals surface area contributed by atoms with E-state index in [9.17, 15) is 14.4 Å². The van der Waals surface area contributed by atoms with Crippen LogP contribution in [0.4, 0.5) is 0 Å². The highest BCUT2D eigenvalue weighted by atomic mass is 35.5. The molecular weight excluding hydrogens is 452 g/mol. The van der Waals surface area contributed by atoms with Crippen LogP contribution in [-0.2, 0) is 6.54 Å². The highest BCUT2D eigenvalue weighted by Crippen LogP contribution is 2.28. The molecule has 0 unspecified atom stereocenters. The van der Waals surface area contributed by atoms with Gasteiger partial charge in [-0.15, -0.1) is 10.2 Å². The molecule has 0 fully saturated rings. The molecule has 0 aliphatic carbocycles. The zero-order chi connectivity index (χ0) is 24.0. The normalized spacial score (nSPS) is 12.9. The molecule has 0 saturated heterocycles. The summed E-state index contributed by atoms with van der Waals surface area (Å²) in [6, 6.07) is 19.0. The average Bonchev–Trinajstić information content (AvgIpc) is 3.31.